The SMILES string of the molecule is CCCCCCCCC(=O)O.CCCCCCCCCCCCCC[C@@H](O)[C@@H](O)[C@H](CO[C@H]1OC(CO)[C@H](O)[C@H](O)C1O)NC(=O)CCCCCCCCCNC(=O)CCCCCCCC.CCCCCCCCCCCCCC[C@@H](OCc1ccccc1)[C@@H](OCc1ccccc1)[C@H](CO[C@H]1OC(COCc2ccccc2)[C@H](C)[C@H](C)C1C)NC(=O)CCCCCCCCCNC(=O)OCc1ccccc1. The van der Waals surface area contributed by atoms with E-state index >= 15 is 0 Å². The van der Waals surface area contributed by atoms with E-state index in [9.17, 15) is 54.6 Å². The summed E-state index contributed by atoms with van der Waals surface area (Å²) in [4.78, 5) is 61.4. The summed E-state index contributed by atoms with van der Waals surface area (Å²) in [5.74, 6) is -0.113. The van der Waals surface area contributed by atoms with Crippen molar-refractivity contribution >= 4 is 29.8 Å². The van der Waals surface area contributed by atoms with Gasteiger partial charge in [0.15, 0.2) is 12.6 Å². The molecule has 4 unspecified atom stereocenters. The van der Waals surface area contributed by atoms with Gasteiger partial charge in [0, 0.05) is 44.7 Å². The van der Waals surface area contributed by atoms with Crippen molar-refractivity contribution in [1.29, 1.82) is 0 Å². The second-order valence-corrected chi connectivity index (χ2v) is 40.6. The van der Waals surface area contributed by atoms with E-state index in [1.54, 1.807) is 0 Å². The van der Waals surface area contributed by atoms with Gasteiger partial charge in [-0.1, -0.05) is 452 Å². The predicted octanol–water partition coefficient (Wildman–Crippen LogP) is 24.6. The molecule has 16 atom stereocenters. The molecule has 24 heteroatoms. The van der Waals surface area contributed by atoms with Crippen molar-refractivity contribution in [2.45, 2.75) is 514 Å². The Bertz CT molecular complexity index is 3600. The van der Waals surface area contributed by atoms with Gasteiger partial charge in [0.1, 0.15) is 43.2 Å². The third-order valence-corrected chi connectivity index (χ3v) is 28.1. The smallest absolute Gasteiger partial charge is 0.407 e. The van der Waals surface area contributed by atoms with Crippen LogP contribution in [0.3, 0.4) is 0 Å². The lowest BCUT2D eigenvalue weighted by Crippen LogP contribution is -2.60. The van der Waals surface area contributed by atoms with E-state index in [1.165, 1.54) is 167 Å². The van der Waals surface area contributed by atoms with Gasteiger partial charge in [0.25, 0.3) is 0 Å². The molecule has 4 aromatic rings. The van der Waals surface area contributed by atoms with E-state index in [-0.39, 0.29) is 74.1 Å². The highest BCUT2D eigenvalue weighted by Gasteiger charge is 2.46. The van der Waals surface area contributed by atoms with Gasteiger partial charge in [-0.2, -0.15) is 0 Å². The van der Waals surface area contributed by atoms with Crippen LogP contribution in [0, 0.1) is 17.8 Å². The Morgan fingerprint density at radius 3 is 1.14 bits per heavy atom. The highest BCUT2D eigenvalue weighted by molar-refractivity contribution is 5.77. The van der Waals surface area contributed by atoms with Crippen molar-refractivity contribution in [3.8, 4) is 0 Å². The number of aliphatic hydroxyl groups is 6. The van der Waals surface area contributed by atoms with E-state index in [0.717, 1.165) is 183 Å². The number of aliphatic hydroxyl groups excluding tert-OH is 6. The van der Waals surface area contributed by atoms with Crippen LogP contribution in [-0.2, 0) is 83.5 Å². The first-order valence-corrected chi connectivity index (χ1v) is 56.7. The van der Waals surface area contributed by atoms with Crippen LogP contribution in [0.4, 0.5) is 4.79 Å². The molecular formula is C118H200N4O20. The lowest BCUT2D eigenvalue weighted by molar-refractivity contribution is -0.303. The number of benzene rings is 4. The summed E-state index contributed by atoms with van der Waals surface area (Å²) in [7, 11) is 0. The Morgan fingerprint density at radius 2 is 0.704 bits per heavy atom. The van der Waals surface area contributed by atoms with E-state index in [4.69, 9.17) is 43.0 Å². The first-order valence-electron chi connectivity index (χ1n) is 56.7. The molecule has 2 heterocycles. The van der Waals surface area contributed by atoms with Crippen LogP contribution < -0.4 is 21.3 Å². The Hall–Kier alpha value is -6.49. The van der Waals surface area contributed by atoms with E-state index in [0.29, 0.717) is 71.0 Å². The van der Waals surface area contributed by atoms with Crippen molar-refractivity contribution in [2.75, 3.05) is 39.5 Å². The van der Waals surface area contributed by atoms with Gasteiger partial charge in [-0.05, 0) is 85.5 Å². The van der Waals surface area contributed by atoms with Crippen molar-refractivity contribution in [3.05, 3.63) is 144 Å². The van der Waals surface area contributed by atoms with Gasteiger partial charge in [0.05, 0.1) is 76.6 Å². The maximum Gasteiger partial charge on any atom is 0.407 e. The fourth-order valence-electron chi connectivity index (χ4n) is 18.5. The number of ether oxygens (including phenoxy) is 8. The number of hydrogen-bond donors (Lipinski definition) is 11. The number of amides is 4. The Labute approximate surface area is 858 Å². The average molecular weight is 1990 g/mol. The number of nitrogens with one attached hydrogen (secondary N) is 4. The standard InChI is InChI=1S/C66H98N2O8.C43H84N2O10.C9H18O2/c1-5-6-7-8-9-10-11-12-13-15-18-33-44-61(72-48-57-38-27-22-28-39-57)64(73-49-58-40-29-23-30-41-58)60(51-74-65-55(4)53(2)54(3)62(76-65)52-71-47-56-36-25-21-26-37-56)68-63(69)45-34-19-16-14-17-20-35-46-67-66(70)75-50-59-42-31-24-32-43-59;1-3-5-7-9-11-12-13-14-15-17-20-24-28-35(47)39(50)34(33-54-43-42(53)41(52)40(51)36(32-46)55-43)45-38(49)30-26-22-18-16-19-23-27-31-44-37(48)29-25-21-10-8-6-4-2;1-2-3-4-5-6-7-8-9(10)11/h21-32,36-43,53-55,60-62,64-65H,5-20,33-35,44-52H2,1-4H3,(H,67,70)(H,68,69);34-36,39-43,46-47,50-53H,3-33H2,1-2H3,(H,44,48)(H,45,49);2-8H2,1H3,(H,10,11)/t53-,54+,55?,60-,61+,62?,64-,65-;34-,35+,36?,39-,40-,41-,42?,43-;/m00./s1. The molecule has 0 aliphatic carbocycles. The third-order valence-electron chi connectivity index (χ3n) is 28.1. The van der Waals surface area contributed by atoms with Gasteiger partial charge in [-0.3, -0.25) is 19.2 Å². The number of alkyl carbamates (subject to hydrolysis) is 1. The Kier molecular flexibility index (Phi) is 77.8. The number of aliphatic carboxylic acids is 1. The molecule has 6 rings (SSSR count). The summed E-state index contributed by atoms with van der Waals surface area (Å²) in [6.07, 6.45) is 48.2. The summed E-state index contributed by atoms with van der Waals surface area (Å²) in [6.45, 7) is 18.3. The molecular weight excluding hydrogens is 1790 g/mol. The Balaban J connectivity index is 0.000000557. The second kappa shape index (κ2) is 86.5. The van der Waals surface area contributed by atoms with Crippen LogP contribution in [0.5, 0.6) is 0 Å². The minimum Gasteiger partial charge on any atom is -0.481 e. The molecule has 0 spiro atoms. The lowest BCUT2D eigenvalue weighted by atomic mass is 9.79. The zero-order chi connectivity index (χ0) is 103. The molecule has 11 N–H and O–H groups in total. The van der Waals surface area contributed by atoms with E-state index in [2.05, 4.69) is 118 Å². The first-order chi connectivity index (χ1) is 69.2. The summed E-state index contributed by atoms with van der Waals surface area (Å²) < 4.78 is 50.5. The zero-order valence-corrected chi connectivity index (χ0v) is 89.4. The van der Waals surface area contributed by atoms with Crippen molar-refractivity contribution < 1.29 is 97.6 Å². The maximum absolute atomic E-state index is 14.2. The van der Waals surface area contributed by atoms with Gasteiger partial charge in [0.2, 0.25) is 17.7 Å². The number of rotatable bonds is 85. The number of unbranched alkanes of at least 4 members (excludes halogenated alkanes) is 44. The molecule has 2 fully saturated rings. The molecule has 0 saturated carbocycles. The molecule has 24 nitrogen and oxygen atoms in total. The molecule has 2 saturated heterocycles. The van der Waals surface area contributed by atoms with Crippen LogP contribution in [0.1, 0.15) is 430 Å². The molecule has 4 amide bonds. The minimum absolute atomic E-state index is 0.00824. The second-order valence-electron chi connectivity index (χ2n) is 40.6. The zero-order valence-electron chi connectivity index (χ0n) is 89.4. The fourth-order valence-corrected chi connectivity index (χ4v) is 18.5. The third kappa shape index (κ3) is 63.3. The van der Waals surface area contributed by atoms with Gasteiger partial charge >= 0.3 is 12.1 Å². The highest BCUT2D eigenvalue weighted by Crippen LogP contribution is 2.37. The number of carbonyl (C=O) groups excluding carboxylic acids is 4. The Morgan fingerprint density at radius 1 is 0.352 bits per heavy atom. The number of carbonyl (C=O) groups is 5. The van der Waals surface area contributed by atoms with Gasteiger partial charge in [-0.15, -0.1) is 0 Å². The van der Waals surface area contributed by atoms with Crippen molar-refractivity contribution in [2.24, 2.45) is 17.8 Å². The monoisotopic (exact) mass is 1990 g/mol. The highest BCUT2D eigenvalue weighted by atomic mass is 16.7. The van der Waals surface area contributed by atoms with Gasteiger partial charge < -0.3 is 94.9 Å². The number of carboxylic acids is 1. The van der Waals surface area contributed by atoms with Crippen molar-refractivity contribution in [1.82, 2.24) is 21.3 Å². The van der Waals surface area contributed by atoms with Crippen molar-refractivity contribution in [3.63, 3.8) is 0 Å². The molecule has 4 aromatic carbocycles. The maximum atomic E-state index is 14.2. The molecule has 2 aliphatic rings. The minimum atomic E-state index is -1.62. The largest absolute Gasteiger partial charge is 0.481 e. The van der Waals surface area contributed by atoms with E-state index < -0.39 is 80.0 Å². The fraction of sp³-hybridized carbons (Fsp3) is 0.754. The number of carboxylic acid groups (broad SMARTS) is 1. The quantitative estimate of drug-likeness (QED) is 0.0183. The summed E-state index contributed by atoms with van der Waals surface area (Å²) in [5, 5.41) is 82.7. The van der Waals surface area contributed by atoms with Gasteiger partial charge in [-0.25, -0.2) is 4.79 Å². The number of hydrogen-bond acceptors (Lipinski definition) is 19. The molecule has 2 aliphatic heterocycles. The van der Waals surface area contributed by atoms with Crippen LogP contribution in [0.2, 0.25) is 0 Å². The predicted molar refractivity (Wildman–Crippen MR) is 570 cm³/mol. The summed E-state index contributed by atoms with van der Waals surface area (Å²) in [5.41, 5.74) is 4.27. The van der Waals surface area contributed by atoms with Crippen LogP contribution >= 0.6 is 0 Å². The average Bonchev–Trinajstić information content (AvgIpc) is 0.816. The topological polar surface area (TPSA) is 349 Å². The molecule has 142 heavy (non-hydrogen) atoms. The van der Waals surface area contributed by atoms with Crippen LogP contribution in [0.15, 0.2) is 121 Å². The first kappa shape index (κ1) is 128. The normalized spacial score (nSPS) is 19.1. The van der Waals surface area contributed by atoms with Crippen LogP contribution in [0.25, 0.3) is 0 Å². The summed E-state index contributed by atoms with van der Waals surface area (Å²) >= 11 is 0. The summed E-state index contributed by atoms with van der Waals surface area (Å²) in [6, 6.07) is 39.1. The van der Waals surface area contributed by atoms with Crippen LogP contribution in [-0.4, -0.2) is 185 Å². The molecule has 0 radical (unpaired) electrons. The molecule has 0 bridgehead atoms. The van der Waals surface area contributed by atoms with E-state index in [1.807, 2.05) is 72.8 Å². The lowest BCUT2D eigenvalue weighted by Gasteiger charge is -2.44. The molecule has 812 valence electrons. The molecule has 0 aromatic heterocycles.